The molecule has 0 unspecified atom stereocenters. The Morgan fingerprint density at radius 2 is 1.89 bits per heavy atom. The van der Waals surface area contributed by atoms with Gasteiger partial charge in [-0.1, -0.05) is 18.2 Å². The maximum Gasteiger partial charge on any atom is 0.417 e. The van der Waals surface area contributed by atoms with Crippen LogP contribution in [0.25, 0.3) is 0 Å². The molecule has 0 radical (unpaired) electrons. The number of carbonyl (C=O) groups excluding carboxylic acids is 1. The van der Waals surface area contributed by atoms with E-state index in [4.69, 9.17) is 5.26 Å². The van der Waals surface area contributed by atoms with E-state index in [2.05, 4.69) is 0 Å². The smallest absolute Gasteiger partial charge is 0.382 e. The van der Waals surface area contributed by atoms with E-state index in [1.165, 1.54) is 23.2 Å². The van der Waals surface area contributed by atoms with Gasteiger partial charge in [0.05, 0.1) is 5.56 Å². The van der Waals surface area contributed by atoms with Gasteiger partial charge in [-0.3, -0.25) is 4.79 Å². The largest absolute Gasteiger partial charge is 0.417 e. The molecule has 1 aromatic carbocycles. The molecular formula is C13H11F3N2O. The van der Waals surface area contributed by atoms with E-state index in [0.717, 1.165) is 12.1 Å². The summed E-state index contributed by atoms with van der Waals surface area (Å²) in [6, 6.07) is 6.01. The first-order valence-electron chi connectivity index (χ1n) is 5.26. The SMILES string of the molecule is CN(C)/C=C(\C#N)C(=O)c1ccccc1C(F)(F)F. The first-order valence-corrected chi connectivity index (χ1v) is 5.26. The van der Waals surface area contributed by atoms with Gasteiger partial charge < -0.3 is 4.90 Å². The van der Waals surface area contributed by atoms with Crippen LogP contribution in [0.2, 0.25) is 0 Å². The first-order chi connectivity index (χ1) is 8.77. The minimum Gasteiger partial charge on any atom is -0.382 e. The molecule has 0 spiro atoms. The molecule has 0 aliphatic rings. The number of halogens is 3. The minimum absolute atomic E-state index is 0.346. The molecule has 0 saturated carbocycles. The molecule has 0 bridgehead atoms. The van der Waals surface area contributed by atoms with E-state index in [-0.39, 0.29) is 5.57 Å². The molecule has 0 aliphatic heterocycles. The fourth-order valence-electron chi connectivity index (χ4n) is 1.47. The van der Waals surface area contributed by atoms with Crippen molar-refractivity contribution in [1.82, 2.24) is 4.90 Å². The van der Waals surface area contributed by atoms with Crippen molar-refractivity contribution < 1.29 is 18.0 Å². The third-order valence-corrected chi connectivity index (χ3v) is 2.23. The zero-order chi connectivity index (χ0) is 14.6. The van der Waals surface area contributed by atoms with Crippen LogP contribution < -0.4 is 0 Å². The van der Waals surface area contributed by atoms with Gasteiger partial charge in [0.25, 0.3) is 0 Å². The lowest BCUT2D eigenvalue weighted by Gasteiger charge is -2.12. The summed E-state index contributed by atoms with van der Waals surface area (Å²) in [6.07, 6.45) is -3.44. The van der Waals surface area contributed by atoms with E-state index >= 15 is 0 Å². The Kier molecular flexibility index (Phi) is 4.33. The van der Waals surface area contributed by atoms with Gasteiger partial charge in [0.2, 0.25) is 5.78 Å². The Morgan fingerprint density at radius 3 is 2.37 bits per heavy atom. The molecule has 0 aliphatic carbocycles. The molecule has 3 nitrogen and oxygen atoms in total. The monoisotopic (exact) mass is 268 g/mol. The standard InChI is InChI=1S/C13H11F3N2O/c1-18(2)8-9(7-17)12(19)10-5-3-4-6-11(10)13(14,15)16/h3-6,8H,1-2H3/b9-8+. The van der Waals surface area contributed by atoms with E-state index in [9.17, 15) is 18.0 Å². The van der Waals surface area contributed by atoms with Gasteiger partial charge in [-0.2, -0.15) is 18.4 Å². The van der Waals surface area contributed by atoms with Gasteiger partial charge in [0.1, 0.15) is 11.6 Å². The van der Waals surface area contributed by atoms with Crippen LogP contribution in [-0.2, 0) is 6.18 Å². The molecule has 0 aromatic heterocycles. The highest BCUT2D eigenvalue weighted by Gasteiger charge is 2.35. The summed E-state index contributed by atoms with van der Waals surface area (Å²) < 4.78 is 38.3. The molecule has 0 fully saturated rings. The van der Waals surface area contributed by atoms with Crippen molar-refractivity contribution in [1.29, 1.82) is 5.26 Å². The molecule has 1 aromatic rings. The molecular weight excluding hydrogens is 257 g/mol. The Labute approximate surface area is 108 Å². The highest BCUT2D eigenvalue weighted by molar-refractivity contribution is 6.12. The van der Waals surface area contributed by atoms with Crippen molar-refractivity contribution in [3.05, 3.63) is 47.2 Å². The number of benzene rings is 1. The van der Waals surface area contributed by atoms with Gasteiger partial charge in [-0.05, 0) is 6.07 Å². The topological polar surface area (TPSA) is 44.1 Å². The Bertz CT molecular complexity index is 554. The Morgan fingerprint density at radius 1 is 1.32 bits per heavy atom. The molecule has 1 rings (SSSR count). The van der Waals surface area contributed by atoms with Gasteiger partial charge in [0, 0.05) is 25.9 Å². The number of ketones is 1. The van der Waals surface area contributed by atoms with Crippen molar-refractivity contribution >= 4 is 5.78 Å². The summed E-state index contributed by atoms with van der Waals surface area (Å²) in [5.74, 6) is -0.941. The van der Waals surface area contributed by atoms with Crippen LogP contribution in [0.3, 0.4) is 0 Å². The Balaban J connectivity index is 3.32. The summed E-state index contributed by atoms with van der Waals surface area (Å²) in [4.78, 5) is 13.4. The Hall–Kier alpha value is -2.29. The van der Waals surface area contributed by atoms with E-state index in [1.54, 1.807) is 20.2 Å². The third kappa shape index (κ3) is 3.58. The number of rotatable bonds is 3. The molecule has 19 heavy (non-hydrogen) atoms. The molecule has 0 heterocycles. The number of carbonyl (C=O) groups is 1. The summed E-state index contributed by atoms with van der Waals surface area (Å²) in [5, 5.41) is 8.85. The number of allylic oxidation sites excluding steroid dienone is 1. The third-order valence-electron chi connectivity index (χ3n) is 2.23. The fraction of sp³-hybridized carbons (Fsp3) is 0.231. The zero-order valence-corrected chi connectivity index (χ0v) is 10.3. The van der Waals surface area contributed by atoms with Crippen molar-refractivity contribution in [3.8, 4) is 6.07 Å². The summed E-state index contributed by atoms with van der Waals surface area (Å²) >= 11 is 0. The van der Waals surface area contributed by atoms with Crippen molar-refractivity contribution in [2.45, 2.75) is 6.18 Å². The summed E-state index contributed by atoms with van der Waals surface area (Å²) in [7, 11) is 3.14. The van der Waals surface area contributed by atoms with Gasteiger partial charge in [-0.15, -0.1) is 0 Å². The van der Waals surface area contributed by atoms with E-state index < -0.39 is 23.1 Å². The maximum atomic E-state index is 12.8. The van der Waals surface area contributed by atoms with Gasteiger partial charge >= 0.3 is 6.18 Å². The predicted molar refractivity (Wildman–Crippen MR) is 63.2 cm³/mol. The van der Waals surface area contributed by atoms with Crippen molar-refractivity contribution in [2.24, 2.45) is 0 Å². The number of hydrogen-bond acceptors (Lipinski definition) is 3. The summed E-state index contributed by atoms with van der Waals surface area (Å²) in [5.41, 5.74) is -1.91. The number of nitrogens with zero attached hydrogens (tertiary/aromatic N) is 2. The second-order valence-electron chi connectivity index (χ2n) is 3.99. The quantitative estimate of drug-likeness (QED) is 0.481. The molecule has 6 heteroatoms. The lowest BCUT2D eigenvalue weighted by atomic mass is 9.99. The van der Waals surface area contributed by atoms with Crippen LogP contribution in [0.5, 0.6) is 0 Å². The van der Waals surface area contributed by atoms with Gasteiger partial charge in [-0.25, -0.2) is 0 Å². The second-order valence-corrected chi connectivity index (χ2v) is 3.99. The maximum absolute atomic E-state index is 12.8. The number of hydrogen-bond donors (Lipinski definition) is 0. The zero-order valence-electron chi connectivity index (χ0n) is 10.3. The lowest BCUT2D eigenvalue weighted by molar-refractivity contribution is -0.137. The van der Waals surface area contributed by atoms with E-state index in [1.807, 2.05) is 0 Å². The normalized spacial score (nSPS) is 11.9. The van der Waals surface area contributed by atoms with Crippen LogP contribution in [-0.4, -0.2) is 24.8 Å². The van der Waals surface area contributed by atoms with Crippen LogP contribution in [0.1, 0.15) is 15.9 Å². The molecule has 0 atom stereocenters. The van der Waals surface area contributed by atoms with Crippen molar-refractivity contribution in [3.63, 3.8) is 0 Å². The minimum atomic E-state index is -4.63. The second kappa shape index (κ2) is 5.57. The fourth-order valence-corrected chi connectivity index (χ4v) is 1.47. The lowest BCUT2D eigenvalue weighted by Crippen LogP contribution is -2.15. The average Bonchev–Trinajstić information content (AvgIpc) is 2.34. The number of Topliss-reactive ketones (excluding diaryl/α,β-unsaturated/α-hetero) is 1. The van der Waals surface area contributed by atoms with Gasteiger partial charge in [0.15, 0.2) is 0 Å². The summed E-state index contributed by atoms with van der Waals surface area (Å²) in [6.45, 7) is 0. The molecule has 0 amide bonds. The molecule has 0 N–H and O–H groups in total. The van der Waals surface area contributed by atoms with E-state index in [0.29, 0.717) is 0 Å². The highest BCUT2D eigenvalue weighted by Crippen LogP contribution is 2.32. The first kappa shape index (κ1) is 14.8. The molecule has 100 valence electrons. The number of nitriles is 1. The molecule has 0 saturated heterocycles. The van der Waals surface area contributed by atoms with Crippen LogP contribution in [0.4, 0.5) is 13.2 Å². The van der Waals surface area contributed by atoms with Crippen LogP contribution >= 0.6 is 0 Å². The number of alkyl halides is 3. The van der Waals surface area contributed by atoms with Crippen LogP contribution in [0, 0.1) is 11.3 Å². The van der Waals surface area contributed by atoms with Crippen molar-refractivity contribution in [2.75, 3.05) is 14.1 Å². The van der Waals surface area contributed by atoms with Crippen LogP contribution in [0.15, 0.2) is 36.0 Å². The predicted octanol–water partition coefficient (Wildman–Crippen LogP) is 2.86. The average molecular weight is 268 g/mol. The highest BCUT2D eigenvalue weighted by atomic mass is 19.4.